The van der Waals surface area contributed by atoms with Crippen LogP contribution in [0.2, 0.25) is 0 Å². The highest BCUT2D eigenvalue weighted by Crippen LogP contribution is 2.38. The highest BCUT2D eigenvalue weighted by molar-refractivity contribution is 7.92. The van der Waals surface area contributed by atoms with Crippen LogP contribution in [0, 0.1) is 5.92 Å². The van der Waals surface area contributed by atoms with Crippen LogP contribution in [0.25, 0.3) is 22.0 Å². The summed E-state index contributed by atoms with van der Waals surface area (Å²) in [5, 5.41) is 0.834. The maximum atomic E-state index is 12.4. The Morgan fingerprint density at radius 2 is 2.04 bits per heavy atom. The van der Waals surface area contributed by atoms with Gasteiger partial charge in [-0.1, -0.05) is 0 Å². The summed E-state index contributed by atoms with van der Waals surface area (Å²) in [4.78, 5) is 15.4. The first-order chi connectivity index (χ1) is 12.8. The van der Waals surface area contributed by atoms with E-state index in [4.69, 9.17) is 4.74 Å². The molecule has 1 N–H and O–H groups in total. The molecule has 4 rings (SSSR count). The number of hydrogen-bond acceptors (Lipinski definition) is 4. The second-order valence-electron chi connectivity index (χ2n) is 7.43. The summed E-state index contributed by atoms with van der Waals surface area (Å²) in [5.41, 5.74) is 2.84. The lowest BCUT2D eigenvalue weighted by molar-refractivity contribution is 0.301. The molecule has 1 saturated carbocycles. The SMILES string of the molecule is Cn1cc(-c2cc(N=S(C)(C)=O)ccc2OCC2CC2)c2cc[nH]c2c1=O. The number of nitrogens with one attached hydrogen (secondary N) is 1. The van der Waals surface area contributed by atoms with Crippen molar-refractivity contribution >= 4 is 26.3 Å². The van der Waals surface area contributed by atoms with Gasteiger partial charge in [-0.25, -0.2) is 4.21 Å². The van der Waals surface area contributed by atoms with Crippen molar-refractivity contribution in [3.63, 3.8) is 0 Å². The first-order valence-electron chi connectivity index (χ1n) is 8.93. The molecule has 0 amide bonds. The molecular weight excluding hydrogens is 362 g/mol. The first kappa shape index (κ1) is 17.9. The quantitative estimate of drug-likeness (QED) is 0.728. The van der Waals surface area contributed by atoms with E-state index in [2.05, 4.69) is 9.35 Å². The summed E-state index contributed by atoms with van der Waals surface area (Å²) in [5.74, 6) is 1.38. The second kappa shape index (κ2) is 6.56. The molecule has 142 valence electrons. The van der Waals surface area contributed by atoms with Crippen LogP contribution in [0.3, 0.4) is 0 Å². The molecule has 0 aliphatic heterocycles. The number of ether oxygens (including phenoxy) is 1. The van der Waals surface area contributed by atoms with Gasteiger partial charge in [0.05, 0.1) is 12.3 Å². The van der Waals surface area contributed by atoms with Gasteiger partial charge >= 0.3 is 0 Å². The monoisotopic (exact) mass is 385 g/mol. The fraction of sp³-hybridized carbons (Fsp3) is 0.350. The molecule has 0 spiro atoms. The zero-order valence-corrected chi connectivity index (χ0v) is 16.5. The van der Waals surface area contributed by atoms with Gasteiger partial charge in [-0.2, -0.15) is 4.36 Å². The van der Waals surface area contributed by atoms with Gasteiger partial charge in [-0.15, -0.1) is 0 Å². The highest BCUT2D eigenvalue weighted by Gasteiger charge is 2.23. The number of fused-ring (bicyclic) bond motifs is 1. The van der Waals surface area contributed by atoms with Gasteiger partial charge in [0.25, 0.3) is 5.56 Å². The molecule has 2 aromatic heterocycles. The van der Waals surface area contributed by atoms with Gasteiger partial charge in [-0.05, 0) is 43.0 Å². The molecule has 0 unspecified atom stereocenters. The third-order valence-corrected chi connectivity index (χ3v) is 5.29. The van der Waals surface area contributed by atoms with Crippen LogP contribution in [0.5, 0.6) is 5.75 Å². The van der Waals surface area contributed by atoms with Crippen molar-refractivity contribution in [1.82, 2.24) is 9.55 Å². The zero-order chi connectivity index (χ0) is 19.2. The molecule has 1 fully saturated rings. The summed E-state index contributed by atoms with van der Waals surface area (Å²) in [7, 11) is -0.546. The van der Waals surface area contributed by atoms with E-state index in [1.165, 1.54) is 12.8 Å². The molecule has 27 heavy (non-hydrogen) atoms. The predicted molar refractivity (Wildman–Crippen MR) is 109 cm³/mol. The van der Waals surface area contributed by atoms with Crippen LogP contribution in [-0.2, 0) is 16.8 Å². The molecule has 0 saturated heterocycles. The normalized spacial score (nSPS) is 14.5. The van der Waals surface area contributed by atoms with Gasteiger partial charge in [0, 0.05) is 58.2 Å². The third kappa shape index (κ3) is 3.78. The van der Waals surface area contributed by atoms with Crippen molar-refractivity contribution in [1.29, 1.82) is 0 Å². The largest absolute Gasteiger partial charge is 0.493 e. The van der Waals surface area contributed by atoms with Crippen molar-refractivity contribution in [3.05, 3.63) is 47.0 Å². The average molecular weight is 385 g/mol. The van der Waals surface area contributed by atoms with Gasteiger partial charge in [0.15, 0.2) is 0 Å². The molecule has 1 aliphatic carbocycles. The van der Waals surface area contributed by atoms with E-state index in [1.807, 2.05) is 30.5 Å². The lowest BCUT2D eigenvalue weighted by atomic mass is 10.0. The van der Waals surface area contributed by atoms with E-state index in [0.717, 1.165) is 22.3 Å². The van der Waals surface area contributed by atoms with E-state index < -0.39 is 9.73 Å². The Morgan fingerprint density at radius 3 is 2.74 bits per heavy atom. The van der Waals surface area contributed by atoms with E-state index in [9.17, 15) is 9.00 Å². The van der Waals surface area contributed by atoms with E-state index in [1.54, 1.807) is 30.3 Å². The summed E-state index contributed by atoms with van der Waals surface area (Å²) < 4.78 is 24.1. The Labute approximate surface area is 158 Å². The van der Waals surface area contributed by atoms with Crippen LogP contribution in [0.15, 0.2) is 45.8 Å². The number of H-pyrrole nitrogens is 1. The first-order valence-corrected chi connectivity index (χ1v) is 11.3. The summed E-state index contributed by atoms with van der Waals surface area (Å²) in [6, 6.07) is 7.49. The van der Waals surface area contributed by atoms with Crippen molar-refractivity contribution in [2.45, 2.75) is 12.8 Å². The van der Waals surface area contributed by atoms with Gasteiger partial charge in [0.2, 0.25) is 0 Å². The minimum absolute atomic E-state index is 0.0785. The molecule has 7 heteroatoms. The van der Waals surface area contributed by atoms with Crippen LogP contribution < -0.4 is 10.3 Å². The topological polar surface area (TPSA) is 76.5 Å². The Bertz CT molecular complexity index is 1190. The Hall–Kier alpha value is -2.54. The van der Waals surface area contributed by atoms with Gasteiger partial charge in [-0.3, -0.25) is 4.79 Å². The fourth-order valence-corrected chi connectivity index (χ4v) is 3.76. The maximum Gasteiger partial charge on any atom is 0.274 e. The Balaban J connectivity index is 1.92. The van der Waals surface area contributed by atoms with Crippen LogP contribution in [0.1, 0.15) is 12.8 Å². The number of nitrogens with zero attached hydrogens (tertiary/aromatic N) is 2. The van der Waals surface area contributed by atoms with Crippen LogP contribution in [0.4, 0.5) is 5.69 Å². The highest BCUT2D eigenvalue weighted by atomic mass is 32.2. The summed E-state index contributed by atoms with van der Waals surface area (Å²) in [6.45, 7) is 0.684. The number of aromatic amines is 1. The van der Waals surface area contributed by atoms with Crippen molar-refractivity contribution < 1.29 is 8.95 Å². The van der Waals surface area contributed by atoms with E-state index >= 15 is 0 Å². The Kier molecular flexibility index (Phi) is 4.34. The molecule has 1 aliphatic rings. The number of aryl methyl sites for hydroxylation is 1. The molecular formula is C20H23N3O3S. The number of aromatic nitrogens is 2. The molecule has 2 heterocycles. The predicted octanol–water partition coefficient (Wildman–Crippen LogP) is 3.68. The van der Waals surface area contributed by atoms with Crippen LogP contribution >= 0.6 is 0 Å². The summed E-state index contributed by atoms with van der Waals surface area (Å²) >= 11 is 0. The molecule has 1 aromatic carbocycles. The lowest BCUT2D eigenvalue weighted by Crippen LogP contribution is -2.16. The van der Waals surface area contributed by atoms with Crippen molar-refractivity contribution in [2.75, 3.05) is 19.1 Å². The molecule has 6 nitrogen and oxygen atoms in total. The maximum absolute atomic E-state index is 12.4. The van der Waals surface area contributed by atoms with E-state index in [0.29, 0.717) is 23.7 Å². The van der Waals surface area contributed by atoms with E-state index in [-0.39, 0.29) is 5.56 Å². The number of rotatable bonds is 5. The standard InChI is InChI=1S/C20H23N3O3S/c1-23-11-17(15-8-9-21-19(15)20(23)24)16-10-14(22-27(2,3)25)6-7-18(16)26-12-13-4-5-13/h6-11,13,21H,4-5,12H2,1-3H3. The number of hydrogen-bond donors (Lipinski definition) is 1. The zero-order valence-electron chi connectivity index (χ0n) is 15.7. The average Bonchev–Trinajstić information content (AvgIpc) is 3.29. The summed E-state index contributed by atoms with van der Waals surface area (Å²) in [6.07, 6.45) is 9.22. The van der Waals surface area contributed by atoms with Gasteiger partial charge < -0.3 is 14.3 Å². The molecule has 3 aromatic rings. The second-order valence-corrected chi connectivity index (χ2v) is 9.98. The third-order valence-electron chi connectivity index (χ3n) is 4.64. The lowest BCUT2D eigenvalue weighted by Gasteiger charge is -2.14. The minimum Gasteiger partial charge on any atom is -0.493 e. The molecule has 0 atom stereocenters. The van der Waals surface area contributed by atoms with Crippen molar-refractivity contribution in [3.8, 4) is 16.9 Å². The van der Waals surface area contributed by atoms with Crippen molar-refractivity contribution in [2.24, 2.45) is 17.3 Å². The fourth-order valence-electron chi connectivity index (χ4n) is 3.14. The van der Waals surface area contributed by atoms with Gasteiger partial charge in [0.1, 0.15) is 11.3 Å². The van der Waals surface area contributed by atoms with Crippen LogP contribution in [-0.4, -0.2) is 32.9 Å². The minimum atomic E-state index is -2.28. The molecule has 0 bridgehead atoms. The molecule has 0 radical (unpaired) electrons. The number of benzene rings is 1. The Morgan fingerprint density at radius 1 is 1.26 bits per heavy atom. The number of pyridine rings is 1. The smallest absolute Gasteiger partial charge is 0.274 e.